The zero-order chi connectivity index (χ0) is 5.70. The predicted molar refractivity (Wildman–Crippen MR) is 40.2 cm³/mol. The largest absolute Gasteiger partial charge is 0.286 e. The second kappa shape index (κ2) is 4.95. The lowest BCUT2D eigenvalue weighted by Crippen LogP contribution is -1.79. The van der Waals surface area contributed by atoms with Gasteiger partial charge in [-0.3, -0.25) is 4.79 Å². The van der Waals surface area contributed by atoms with Gasteiger partial charge in [0, 0.05) is 6.42 Å². The molecule has 0 aliphatic rings. The first-order valence-electron chi connectivity index (χ1n) is 1.87. The quantitative estimate of drug-likeness (QED) is 0.448. The van der Waals surface area contributed by atoms with Gasteiger partial charge in [-0.25, -0.2) is 0 Å². The molecule has 0 aromatic carbocycles. The molecule has 4 heteroatoms. The summed E-state index contributed by atoms with van der Waals surface area (Å²) in [5.41, 5.74) is 0. The number of hydrogen-bond acceptors (Lipinski definition) is 3. The normalized spacial score (nSPS) is 8.86. The summed E-state index contributed by atoms with van der Waals surface area (Å²) in [4.78, 5) is 10.3. The predicted octanol–water partition coefficient (Wildman–Crippen LogP) is 2.09. The fourth-order valence-electron chi connectivity index (χ4n) is 0.113. The van der Waals surface area contributed by atoms with Crippen molar-refractivity contribution in [2.45, 2.75) is 13.3 Å². The molecule has 0 radical (unpaired) electrons. The van der Waals surface area contributed by atoms with Crippen molar-refractivity contribution in [3.8, 4) is 0 Å². The first-order chi connectivity index (χ1) is 3.31. The van der Waals surface area contributed by atoms with Gasteiger partial charge in [0.05, 0.1) is 0 Å². The van der Waals surface area contributed by atoms with E-state index in [0.717, 1.165) is 0 Å². The summed E-state index contributed by atoms with van der Waals surface area (Å²) in [6, 6.07) is 0. The summed E-state index contributed by atoms with van der Waals surface area (Å²) in [6.45, 7) is 1.86. The standard InChI is InChI=1S/C3H7OPS2/c1-2-3(4)6-7-5/h2,5H2,1H3. The van der Waals surface area contributed by atoms with Crippen molar-refractivity contribution < 1.29 is 4.79 Å². The highest BCUT2D eigenvalue weighted by molar-refractivity contribution is 8.97. The molecule has 0 N–H and O–H groups in total. The maximum Gasteiger partial charge on any atom is 0.199 e. The van der Waals surface area contributed by atoms with Crippen LogP contribution in [0.1, 0.15) is 13.3 Å². The topological polar surface area (TPSA) is 17.1 Å². The van der Waals surface area contributed by atoms with E-state index in [1.54, 1.807) is 0 Å². The van der Waals surface area contributed by atoms with Gasteiger partial charge in [-0.15, -0.1) is 0 Å². The second-order valence-corrected chi connectivity index (χ2v) is 4.53. The van der Waals surface area contributed by atoms with Crippen LogP contribution in [0, 0.1) is 0 Å². The fourth-order valence-corrected chi connectivity index (χ4v) is 1.98. The summed E-state index contributed by atoms with van der Waals surface area (Å²) in [6.07, 6.45) is 0.631. The van der Waals surface area contributed by atoms with E-state index < -0.39 is 0 Å². The molecule has 0 rings (SSSR count). The highest BCUT2D eigenvalue weighted by atomic mass is 33.3. The molecule has 0 saturated heterocycles. The molecular weight excluding hydrogens is 147 g/mol. The van der Waals surface area contributed by atoms with Crippen LogP contribution >= 0.6 is 29.6 Å². The van der Waals surface area contributed by atoms with Crippen molar-refractivity contribution >= 4 is 34.8 Å². The Morgan fingerprint density at radius 1 is 1.86 bits per heavy atom. The van der Waals surface area contributed by atoms with E-state index in [4.69, 9.17) is 0 Å². The van der Waals surface area contributed by atoms with Crippen LogP contribution in [0.3, 0.4) is 0 Å². The number of rotatable bonds is 2. The molecule has 1 nitrogen and oxygen atoms in total. The van der Waals surface area contributed by atoms with E-state index in [9.17, 15) is 4.79 Å². The minimum atomic E-state index is 0.236. The Balaban J connectivity index is 3.00. The first-order valence-corrected chi connectivity index (χ1v) is 5.50. The minimum absolute atomic E-state index is 0.236. The molecule has 0 aromatic heterocycles. The van der Waals surface area contributed by atoms with Gasteiger partial charge in [-0.05, 0) is 10.8 Å². The molecule has 0 bridgehead atoms. The highest BCUT2D eigenvalue weighted by Gasteiger charge is 1.93. The average Bonchev–Trinajstić information content (AvgIpc) is 1.68. The second-order valence-electron chi connectivity index (χ2n) is 0.905. The Hall–Kier alpha value is 0.800. The maximum atomic E-state index is 10.3. The molecule has 42 valence electrons. The average molecular weight is 154 g/mol. The molecule has 0 spiro atoms. The van der Waals surface area contributed by atoms with Crippen molar-refractivity contribution in [2.75, 3.05) is 0 Å². The molecule has 0 aliphatic carbocycles. The van der Waals surface area contributed by atoms with Crippen molar-refractivity contribution in [3.63, 3.8) is 0 Å². The van der Waals surface area contributed by atoms with Crippen LogP contribution in [-0.4, -0.2) is 5.12 Å². The molecule has 0 fully saturated rings. The van der Waals surface area contributed by atoms with Crippen LogP contribution in [0.2, 0.25) is 0 Å². The lowest BCUT2D eigenvalue weighted by Gasteiger charge is -1.85. The molecule has 1 atom stereocenters. The third kappa shape index (κ3) is 4.66. The minimum Gasteiger partial charge on any atom is -0.286 e. The third-order valence-electron chi connectivity index (χ3n) is 0.430. The van der Waals surface area contributed by atoms with Crippen molar-refractivity contribution in [1.29, 1.82) is 0 Å². The number of carbonyl (C=O) groups is 1. The van der Waals surface area contributed by atoms with Gasteiger partial charge in [0.25, 0.3) is 0 Å². The zero-order valence-electron chi connectivity index (χ0n) is 4.01. The Morgan fingerprint density at radius 3 is 2.57 bits per heavy atom. The SMILES string of the molecule is CCC(=O)SSP. The van der Waals surface area contributed by atoms with Crippen molar-refractivity contribution in [3.05, 3.63) is 0 Å². The van der Waals surface area contributed by atoms with Gasteiger partial charge in [-0.2, -0.15) is 0 Å². The van der Waals surface area contributed by atoms with E-state index in [2.05, 4.69) is 8.44 Å². The number of hydrogen-bond donors (Lipinski definition) is 0. The summed E-state index contributed by atoms with van der Waals surface area (Å²) >= 11 is 0. The molecular formula is C3H7OPS2. The van der Waals surface area contributed by atoms with Gasteiger partial charge < -0.3 is 0 Å². The Kier molecular flexibility index (Phi) is 5.51. The third-order valence-corrected chi connectivity index (χ3v) is 2.71. The number of carbonyl (C=O) groups excluding carboxylic acids is 1. The van der Waals surface area contributed by atoms with Gasteiger partial charge in [0.15, 0.2) is 5.12 Å². The first kappa shape index (κ1) is 7.80. The van der Waals surface area contributed by atoms with Crippen molar-refractivity contribution in [2.24, 2.45) is 0 Å². The molecule has 0 aliphatic heterocycles. The van der Waals surface area contributed by atoms with Crippen LogP contribution in [0.15, 0.2) is 0 Å². The van der Waals surface area contributed by atoms with Crippen LogP contribution in [0.5, 0.6) is 0 Å². The molecule has 0 aromatic rings. The molecule has 7 heavy (non-hydrogen) atoms. The monoisotopic (exact) mass is 154 g/mol. The van der Waals surface area contributed by atoms with E-state index in [1.165, 1.54) is 21.2 Å². The van der Waals surface area contributed by atoms with E-state index >= 15 is 0 Å². The van der Waals surface area contributed by atoms with Crippen LogP contribution in [0.4, 0.5) is 0 Å². The van der Waals surface area contributed by atoms with Gasteiger partial charge in [0.2, 0.25) is 0 Å². The Morgan fingerprint density at radius 2 is 2.43 bits per heavy atom. The molecule has 0 heterocycles. The molecule has 0 amide bonds. The van der Waals surface area contributed by atoms with Gasteiger partial charge in [-0.1, -0.05) is 25.8 Å². The van der Waals surface area contributed by atoms with Crippen LogP contribution in [0.25, 0.3) is 0 Å². The summed E-state index contributed by atoms with van der Waals surface area (Å²) < 4.78 is 0. The highest BCUT2D eigenvalue weighted by Crippen LogP contribution is 2.29. The Labute approximate surface area is 53.4 Å². The summed E-state index contributed by atoms with van der Waals surface area (Å²) in [7, 11) is 5.10. The zero-order valence-corrected chi connectivity index (χ0v) is 6.80. The molecule has 1 unspecified atom stereocenters. The van der Waals surface area contributed by atoms with E-state index in [-0.39, 0.29) is 5.12 Å². The summed E-state index contributed by atoms with van der Waals surface area (Å²) in [5.74, 6) is 0. The smallest absolute Gasteiger partial charge is 0.199 e. The van der Waals surface area contributed by atoms with Gasteiger partial charge >= 0.3 is 0 Å². The van der Waals surface area contributed by atoms with E-state index in [0.29, 0.717) is 6.42 Å². The molecule has 0 saturated carbocycles. The maximum absolute atomic E-state index is 10.3. The van der Waals surface area contributed by atoms with Crippen LogP contribution < -0.4 is 0 Å². The summed E-state index contributed by atoms with van der Waals surface area (Å²) in [5, 5.41) is 0.236. The van der Waals surface area contributed by atoms with Gasteiger partial charge in [0.1, 0.15) is 0 Å². The lowest BCUT2D eigenvalue weighted by molar-refractivity contribution is -0.110. The Bertz CT molecular complexity index is 66.0. The lowest BCUT2D eigenvalue weighted by atomic mass is 10.6. The van der Waals surface area contributed by atoms with E-state index in [1.807, 2.05) is 6.92 Å². The van der Waals surface area contributed by atoms with Crippen molar-refractivity contribution in [1.82, 2.24) is 0 Å². The fraction of sp³-hybridized carbons (Fsp3) is 0.667. The van der Waals surface area contributed by atoms with Crippen LogP contribution in [-0.2, 0) is 4.79 Å².